The van der Waals surface area contributed by atoms with Crippen molar-refractivity contribution in [3.63, 3.8) is 0 Å². The van der Waals surface area contributed by atoms with Crippen LogP contribution >= 0.6 is 0 Å². The highest BCUT2D eigenvalue weighted by atomic mass is 19.4. The van der Waals surface area contributed by atoms with Crippen molar-refractivity contribution in [1.29, 1.82) is 0 Å². The molecule has 0 aliphatic heterocycles. The Labute approximate surface area is 132 Å². The van der Waals surface area contributed by atoms with Crippen LogP contribution in [-0.4, -0.2) is 23.3 Å². The molecule has 1 atom stereocenters. The van der Waals surface area contributed by atoms with Gasteiger partial charge in [0.1, 0.15) is 0 Å². The van der Waals surface area contributed by atoms with Crippen LogP contribution in [0.5, 0.6) is 5.95 Å². The van der Waals surface area contributed by atoms with E-state index in [1.54, 1.807) is 30.3 Å². The lowest BCUT2D eigenvalue weighted by Crippen LogP contribution is -2.34. The fourth-order valence-electron chi connectivity index (χ4n) is 1.60. The molecule has 10 heteroatoms. The molecule has 2 rings (SSSR count). The highest BCUT2D eigenvalue weighted by Gasteiger charge is 2.61. The molecule has 0 bridgehead atoms. The molecule has 5 nitrogen and oxygen atoms in total. The van der Waals surface area contributed by atoms with Gasteiger partial charge in [-0.3, -0.25) is 4.79 Å². The maximum Gasteiger partial charge on any atom is 0.459 e. The first-order valence-electron chi connectivity index (χ1n) is 6.55. The number of ether oxygens (including phenoxy) is 1. The van der Waals surface area contributed by atoms with E-state index >= 15 is 0 Å². The lowest BCUT2D eigenvalue weighted by Gasteiger charge is -2.16. The summed E-state index contributed by atoms with van der Waals surface area (Å²) in [6.45, 7) is 1.27. The van der Waals surface area contributed by atoms with E-state index in [9.17, 15) is 26.7 Å². The Morgan fingerprint density at radius 2 is 1.83 bits per heavy atom. The molecule has 1 aromatic heterocycles. The van der Waals surface area contributed by atoms with E-state index in [-0.39, 0.29) is 0 Å². The number of hydrogen-bond acceptors (Lipinski definition) is 4. The predicted molar refractivity (Wildman–Crippen MR) is 71.6 cm³/mol. The van der Waals surface area contributed by atoms with Crippen LogP contribution in [0.3, 0.4) is 0 Å². The van der Waals surface area contributed by atoms with E-state index in [0.717, 1.165) is 0 Å². The fraction of sp³-hybridized carbons (Fsp3) is 0.286. The molecule has 130 valence electrons. The minimum Gasteiger partial charge on any atom is -0.451 e. The zero-order valence-electron chi connectivity index (χ0n) is 12.1. The summed E-state index contributed by atoms with van der Waals surface area (Å²) in [7, 11) is 0. The molecule has 2 aromatic rings. The van der Waals surface area contributed by atoms with Crippen molar-refractivity contribution in [3.05, 3.63) is 42.1 Å². The van der Waals surface area contributed by atoms with Gasteiger partial charge in [0, 0.05) is 5.69 Å². The van der Waals surface area contributed by atoms with E-state index in [1.807, 2.05) is 0 Å². The number of alkyl halides is 5. The van der Waals surface area contributed by atoms with Gasteiger partial charge in [-0.2, -0.15) is 22.0 Å². The largest absolute Gasteiger partial charge is 0.459 e. The molecule has 0 radical (unpaired) electrons. The zero-order valence-corrected chi connectivity index (χ0v) is 12.1. The van der Waals surface area contributed by atoms with Gasteiger partial charge in [0.15, 0.2) is 11.8 Å². The highest BCUT2D eigenvalue weighted by Crippen LogP contribution is 2.44. The van der Waals surface area contributed by atoms with Crippen molar-refractivity contribution in [2.24, 2.45) is 0 Å². The minimum atomic E-state index is -5.82. The van der Waals surface area contributed by atoms with Crippen LogP contribution in [0, 0.1) is 0 Å². The van der Waals surface area contributed by atoms with Gasteiger partial charge in [-0.1, -0.05) is 23.4 Å². The molecule has 1 amide bonds. The van der Waals surface area contributed by atoms with Gasteiger partial charge in [-0.25, -0.2) is 0 Å². The van der Waals surface area contributed by atoms with E-state index in [2.05, 4.69) is 15.0 Å². The van der Waals surface area contributed by atoms with Gasteiger partial charge in [0.25, 0.3) is 5.91 Å². The van der Waals surface area contributed by atoms with Crippen LogP contribution in [0.15, 0.2) is 40.9 Å². The second-order valence-corrected chi connectivity index (χ2v) is 4.72. The van der Waals surface area contributed by atoms with Gasteiger partial charge in [0.2, 0.25) is 0 Å². The van der Waals surface area contributed by atoms with Gasteiger partial charge >= 0.3 is 18.0 Å². The number of anilines is 1. The SMILES string of the molecule is CC(Oc1cc(C(F)(F)C(F)(F)F)no1)C(=O)Nc1ccccc1. The third kappa shape index (κ3) is 3.81. The molecule has 0 saturated carbocycles. The second kappa shape index (κ2) is 6.46. The average molecular weight is 350 g/mol. The smallest absolute Gasteiger partial charge is 0.451 e. The number of rotatable bonds is 5. The number of aromatic nitrogens is 1. The Hall–Kier alpha value is -2.65. The fourth-order valence-corrected chi connectivity index (χ4v) is 1.60. The predicted octanol–water partition coefficient (Wildman–Crippen LogP) is 3.73. The average Bonchev–Trinajstić information content (AvgIpc) is 2.96. The summed E-state index contributed by atoms with van der Waals surface area (Å²) in [6, 6.07) is 8.56. The van der Waals surface area contributed by atoms with Crippen molar-refractivity contribution >= 4 is 11.6 Å². The summed E-state index contributed by atoms with van der Waals surface area (Å²) >= 11 is 0. The van der Waals surface area contributed by atoms with Crippen LogP contribution in [0.25, 0.3) is 0 Å². The minimum absolute atomic E-state index is 0.291. The summed E-state index contributed by atoms with van der Waals surface area (Å²) in [6.07, 6.45) is -7.04. The third-order valence-electron chi connectivity index (χ3n) is 2.87. The van der Waals surface area contributed by atoms with Crippen molar-refractivity contribution in [2.45, 2.75) is 25.1 Å². The summed E-state index contributed by atoms with van der Waals surface area (Å²) < 4.78 is 72.0. The van der Waals surface area contributed by atoms with Crippen molar-refractivity contribution in [2.75, 3.05) is 5.32 Å². The summed E-state index contributed by atoms with van der Waals surface area (Å²) in [5, 5.41) is 5.12. The molecular formula is C14H11F5N2O3. The number of amides is 1. The number of nitrogens with zero attached hydrogens (tertiary/aromatic N) is 1. The summed E-state index contributed by atoms with van der Waals surface area (Å²) in [5.41, 5.74) is -1.19. The number of carbonyl (C=O) groups is 1. The van der Waals surface area contributed by atoms with Gasteiger partial charge in [-0.15, -0.1) is 0 Å². The van der Waals surface area contributed by atoms with E-state index < -0.39 is 35.8 Å². The summed E-state index contributed by atoms with van der Waals surface area (Å²) in [4.78, 5) is 11.9. The van der Waals surface area contributed by atoms with Crippen molar-refractivity contribution in [3.8, 4) is 5.95 Å². The molecule has 0 aliphatic rings. The molecule has 24 heavy (non-hydrogen) atoms. The Morgan fingerprint density at radius 1 is 1.21 bits per heavy atom. The molecule has 0 spiro atoms. The Kier molecular flexibility index (Phi) is 4.76. The van der Waals surface area contributed by atoms with Crippen LogP contribution in [0.4, 0.5) is 27.6 Å². The first-order chi connectivity index (χ1) is 11.1. The quantitative estimate of drug-likeness (QED) is 0.835. The van der Waals surface area contributed by atoms with E-state index in [4.69, 9.17) is 4.74 Å². The molecule has 1 unspecified atom stereocenters. The maximum absolute atomic E-state index is 13.1. The number of para-hydroxylation sites is 1. The highest BCUT2D eigenvalue weighted by molar-refractivity contribution is 5.94. The monoisotopic (exact) mass is 350 g/mol. The van der Waals surface area contributed by atoms with E-state index in [1.165, 1.54) is 6.92 Å². The number of hydrogen-bond donors (Lipinski definition) is 1. The van der Waals surface area contributed by atoms with Crippen LogP contribution in [0.1, 0.15) is 12.6 Å². The summed E-state index contributed by atoms with van der Waals surface area (Å²) in [5.74, 6) is -6.57. The molecular weight excluding hydrogens is 339 g/mol. The van der Waals surface area contributed by atoms with Crippen molar-refractivity contribution < 1.29 is 36.0 Å². The number of halogens is 5. The normalized spacial score (nSPS) is 13.4. The molecule has 0 saturated heterocycles. The standard InChI is InChI=1S/C14H11F5N2O3/c1-8(12(22)20-9-5-3-2-4-6-9)23-11-7-10(21-24-11)13(15,16)14(17,18)19/h2-8H,1H3,(H,20,22). The first-order valence-corrected chi connectivity index (χ1v) is 6.55. The number of carbonyl (C=O) groups excluding carboxylic acids is 1. The van der Waals surface area contributed by atoms with Crippen LogP contribution in [-0.2, 0) is 10.7 Å². The zero-order chi connectivity index (χ0) is 18.0. The van der Waals surface area contributed by atoms with Crippen LogP contribution < -0.4 is 10.1 Å². The molecule has 0 aliphatic carbocycles. The molecule has 1 heterocycles. The van der Waals surface area contributed by atoms with Gasteiger partial charge in [-0.05, 0) is 19.1 Å². The Bertz CT molecular complexity index is 700. The number of nitrogens with one attached hydrogen (secondary N) is 1. The Balaban J connectivity index is 2.03. The first kappa shape index (κ1) is 17.7. The van der Waals surface area contributed by atoms with Gasteiger partial charge in [0.05, 0.1) is 6.07 Å². The number of benzene rings is 1. The topological polar surface area (TPSA) is 64.4 Å². The molecule has 1 aromatic carbocycles. The third-order valence-corrected chi connectivity index (χ3v) is 2.87. The van der Waals surface area contributed by atoms with Crippen LogP contribution in [0.2, 0.25) is 0 Å². The molecule has 0 fully saturated rings. The van der Waals surface area contributed by atoms with Gasteiger partial charge < -0.3 is 14.6 Å². The molecule has 1 N–H and O–H groups in total. The lowest BCUT2D eigenvalue weighted by molar-refractivity contribution is -0.291. The maximum atomic E-state index is 13.1. The lowest BCUT2D eigenvalue weighted by atomic mass is 10.2. The second-order valence-electron chi connectivity index (χ2n) is 4.72. The Morgan fingerprint density at radius 3 is 2.42 bits per heavy atom. The van der Waals surface area contributed by atoms with E-state index in [0.29, 0.717) is 11.8 Å². The van der Waals surface area contributed by atoms with Crippen molar-refractivity contribution in [1.82, 2.24) is 5.16 Å².